The molecular weight excluding hydrogens is 221 g/mol. The molecule has 0 spiro atoms. The molecule has 2 N–H and O–H groups in total. The van der Waals surface area contributed by atoms with Crippen molar-refractivity contribution in [3.63, 3.8) is 0 Å². The number of aryl methyl sites for hydroxylation is 2. The molecule has 1 aromatic heterocycles. The van der Waals surface area contributed by atoms with Gasteiger partial charge in [-0.25, -0.2) is 14.4 Å². The van der Waals surface area contributed by atoms with Crippen LogP contribution in [0.1, 0.15) is 11.4 Å². The van der Waals surface area contributed by atoms with Crippen molar-refractivity contribution in [2.45, 2.75) is 13.8 Å². The van der Waals surface area contributed by atoms with Crippen molar-refractivity contribution >= 4 is 5.69 Å². The van der Waals surface area contributed by atoms with Gasteiger partial charge >= 0.3 is 6.01 Å². The van der Waals surface area contributed by atoms with Crippen molar-refractivity contribution in [3.8, 4) is 11.8 Å². The number of aromatic nitrogens is 2. The summed E-state index contributed by atoms with van der Waals surface area (Å²) >= 11 is 0. The molecule has 0 atom stereocenters. The van der Waals surface area contributed by atoms with Gasteiger partial charge in [-0.3, -0.25) is 0 Å². The third kappa shape index (κ3) is 2.69. The number of hydrogen-bond donors (Lipinski definition) is 1. The van der Waals surface area contributed by atoms with Gasteiger partial charge in [0.1, 0.15) is 5.82 Å². The van der Waals surface area contributed by atoms with Crippen molar-refractivity contribution in [2.24, 2.45) is 0 Å². The van der Waals surface area contributed by atoms with Crippen molar-refractivity contribution < 1.29 is 9.13 Å². The van der Waals surface area contributed by atoms with Crippen LogP contribution >= 0.6 is 0 Å². The maximum Gasteiger partial charge on any atom is 0.322 e. The molecule has 4 nitrogen and oxygen atoms in total. The Kier molecular flexibility index (Phi) is 2.91. The topological polar surface area (TPSA) is 61.0 Å². The van der Waals surface area contributed by atoms with Crippen LogP contribution in [0.5, 0.6) is 11.8 Å². The standard InChI is InChI=1S/C12H12FN3O/c1-7-5-8(2)16-12(15-7)17-11-4-3-9(13)6-10(11)14/h3-6H,14H2,1-2H3. The van der Waals surface area contributed by atoms with Crippen LogP contribution in [0.4, 0.5) is 10.1 Å². The maximum absolute atomic E-state index is 12.8. The van der Waals surface area contributed by atoms with E-state index in [2.05, 4.69) is 9.97 Å². The molecule has 0 radical (unpaired) electrons. The number of benzene rings is 1. The van der Waals surface area contributed by atoms with Gasteiger partial charge in [-0.05, 0) is 32.0 Å². The number of ether oxygens (including phenoxy) is 1. The molecule has 5 heteroatoms. The van der Waals surface area contributed by atoms with Gasteiger partial charge in [0.2, 0.25) is 0 Å². The second-order valence-electron chi connectivity index (χ2n) is 3.72. The molecule has 17 heavy (non-hydrogen) atoms. The first-order chi connectivity index (χ1) is 8.04. The molecule has 1 heterocycles. The summed E-state index contributed by atoms with van der Waals surface area (Å²) < 4.78 is 18.3. The minimum atomic E-state index is -0.406. The Morgan fingerprint density at radius 1 is 1.12 bits per heavy atom. The van der Waals surface area contributed by atoms with Crippen LogP contribution in [0.15, 0.2) is 24.3 Å². The van der Waals surface area contributed by atoms with Gasteiger partial charge < -0.3 is 10.5 Å². The molecular formula is C12H12FN3O. The molecule has 0 aliphatic rings. The average Bonchev–Trinajstić information content (AvgIpc) is 2.21. The number of nitrogens with two attached hydrogens (primary N) is 1. The molecule has 0 saturated carbocycles. The zero-order valence-electron chi connectivity index (χ0n) is 9.57. The third-order valence-electron chi connectivity index (χ3n) is 2.13. The van der Waals surface area contributed by atoms with Gasteiger partial charge in [0.05, 0.1) is 5.69 Å². The highest BCUT2D eigenvalue weighted by molar-refractivity contribution is 5.53. The first-order valence-corrected chi connectivity index (χ1v) is 5.10. The SMILES string of the molecule is Cc1cc(C)nc(Oc2ccc(F)cc2N)n1. The fraction of sp³-hybridized carbons (Fsp3) is 0.167. The van der Waals surface area contributed by atoms with E-state index in [-0.39, 0.29) is 11.7 Å². The Morgan fingerprint density at radius 3 is 2.35 bits per heavy atom. The minimum absolute atomic E-state index is 0.209. The number of halogens is 1. The highest BCUT2D eigenvalue weighted by atomic mass is 19.1. The van der Waals surface area contributed by atoms with Gasteiger partial charge in [0.15, 0.2) is 5.75 Å². The minimum Gasteiger partial charge on any atom is -0.422 e. The fourth-order valence-electron chi connectivity index (χ4n) is 1.45. The van der Waals surface area contributed by atoms with Gasteiger partial charge in [-0.15, -0.1) is 0 Å². The van der Waals surface area contributed by atoms with Gasteiger partial charge in [0.25, 0.3) is 0 Å². The third-order valence-corrected chi connectivity index (χ3v) is 2.13. The van der Waals surface area contributed by atoms with E-state index < -0.39 is 5.82 Å². The van der Waals surface area contributed by atoms with E-state index in [0.29, 0.717) is 5.75 Å². The van der Waals surface area contributed by atoms with Crippen LogP contribution in [0, 0.1) is 19.7 Å². The molecule has 2 rings (SSSR count). The predicted octanol–water partition coefficient (Wildman–Crippen LogP) is 2.61. The molecule has 0 unspecified atom stereocenters. The molecule has 0 bridgehead atoms. The predicted molar refractivity (Wildman–Crippen MR) is 62.4 cm³/mol. The van der Waals surface area contributed by atoms with Crippen LogP contribution in [0.3, 0.4) is 0 Å². The van der Waals surface area contributed by atoms with Crippen LogP contribution < -0.4 is 10.5 Å². The highest BCUT2D eigenvalue weighted by Gasteiger charge is 2.06. The molecule has 1 aromatic carbocycles. The summed E-state index contributed by atoms with van der Waals surface area (Å²) in [7, 11) is 0. The zero-order chi connectivity index (χ0) is 12.4. The number of rotatable bonds is 2. The smallest absolute Gasteiger partial charge is 0.322 e. The average molecular weight is 233 g/mol. The summed E-state index contributed by atoms with van der Waals surface area (Å²) in [6.07, 6.45) is 0. The largest absolute Gasteiger partial charge is 0.422 e. The number of nitrogens with zero attached hydrogens (tertiary/aromatic N) is 2. The Bertz CT molecular complexity index is 537. The van der Waals surface area contributed by atoms with Crippen molar-refractivity contribution in [1.82, 2.24) is 9.97 Å². The summed E-state index contributed by atoms with van der Waals surface area (Å²) in [4.78, 5) is 8.22. The molecule has 0 aliphatic heterocycles. The maximum atomic E-state index is 12.8. The van der Waals surface area contributed by atoms with Crippen LogP contribution in [-0.2, 0) is 0 Å². The number of hydrogen-bond acceptors (Lipinski definition) is 4. The lowest BCUT2D eigenvalue weighted by Crippen LogP contribution is -1.98. The highest BCUT2D eigenvalue weighted by Crippen LogP contribution is 2.25. The molecule has 88 valence electrons. The quantitative estimate of drug-likeness (QED) is 0.810. The number of nitrogen functional groups attached to an aromatic ring is 1. The molecule has 0 fully saturated rings. The summed E-state index contributed by atoms with van der Waals surface area (Å²) in [5.41, 5.74) is 7.44. The van der Waals surface area contributed by atoms with Crippen molar-refractivity contribution in [1.29, 1.82) is 0 Å². The van der Waals surface area contributed by atoms with E-state index in [0.717, 1.165) is 11.4 Å². The molecule has 0 saturated heterocycles. The Morgan fingerprint density at radius 2 is 1.76 bits per heavy atom. The zero-order valence-corrected chi connectivity index (χ0v) is 9.57. The summed E-state index contributed by atoms with van der Waals surface area (Å²) in [5, 5.41) is 0. The lowest BCUT2D eigenvalue weighted by atomic mass is 10.3. The van der Waals surface area contributed by atoms with E-state index in [4.69, 9.17) is 10.5 Å². The summed E-state index contributed by atoms with van der Waals surface area (Å²) in [5.74, 6) is -0.0624. The Hall–Kier alpha value is -2.17. The van der Waals surface area contributed by atoms with E-state index in [9.17, 15) is 4.39 Å². The summed E-state index contributed by atoms with van der Waals surface area (Å²) in [6.45, 7) is 3.69. The van der Waals surface area contributed by atoms with Gasteiger partial charge in [0, 0.05) is 17.5 Å². The van der Waals surface area contributed by atoms with Crippen LogP contribution in [0.25, 0.3) is 0 Å². The normalized spacial score (nSPS) is 10.3. The lowest BCUT2D eigenvalue weighted by Gasteiger charge is -2.07. The lowest BCUT2D eigenvalue weighted by molar-refractivity contribution is 0.440. The van der Waals surface area contributed by atoms with Gasteiger partial charge in [-0.2, -0.15) is 0 Å². The fourth-order valence-corrected chi connectivity index (χ4v) is 1.45. The second-order valence-corrected chi connectivity index (χ2v) is 3.72. The van der Waals surface area contributed by atoms with Crippen molar-refractivity contribution in [3.05, 3.63) is 41.5 Å². The van der Waals surface area contributed by atoms with Crippen LogP contribution in [0.2, 0.25) is 0 Å². The monoisotopic (exact) mass is 233 g/mol. The van der Waals surface area contributed by atoms with E-state index in [1.54, 1.807) is 0 Å². The van der Waals surface area contributed by atoms with Gasteiger partial charge in [-0.1, -0.05) is 0 Å². The Balaban J connectivity index is 2.31. The van der Waals surface area contributed by atoms with E-state index in [1.165, 1.54) is 18.2 Å². The Labute approximate surface area is 98.3 Å². The number of anilines is 1. The van der Waals surface area contributed by atoms with E-state index >= 15 is 0 Å². The molecule has 0 aliphatic carbocycles. The second kappa shape index (κ2) is 4.37. The van der Waals surface area contributed by atoms with E-state index in [1.807, 2.05) is 19.9 Å². The molecule has 0 amide bonds. The first-order valence-electron chi connectivity index (χ1n) is 5.10. The van der Waals surface area contributed by atoms with Crippen LogP contribution in [-0.4, -0.2) is 9.97 Å². The van der Waals surface area contributed by atoms with Crippen molar-refractivity contribution in [2.75, 3.05) is 5.73 Å². The first kappa shape index (κ1) is 11.3. The molecule has 2 aromatic rings. The summed E-state index contributed by atoms with van der Waals surface area (Å²) in [6, 6.07) is 5.96.